The third-order valence-corrected chi connectivity index (χ3v) is 10.5. The van der Waals surface area contributed by atoms with Gasteiger partial charge in [0, 0.05) is 30.2 Å². The van der Waals surface area contributed by atoms with Crippen LogP contribution in [0.3, 0.4) is 0 Å². The lowest BCUT2D eigenvalue weighted by Crippen LogP contribution is -2.51. The van der Waals surface area contributed by atoms with E-state index in [-0.39, 0.29) is 12.7 Å². The van der Waals surface area contributed by atoms with Crippen LogP contribution >= 0.6 is 0 Å². The fourth-order valence-electron chi connectivity index (χ4n) is 8.73. The summed E-state index contributed by atoms with van der Waals surface area (Å²) in [6.45, 7) is 1.26. The van der Waals surface area contributed by atoms with Crippen molar-refractivity contribution in [2.24, 2.45) is 5.92 Å². The maximum absolute atomic E-state index is 13.5. The Labute approximate surface area is 272 Å². The zero-order valence-corrected chi connectivity index (χ0v) is 26.1. The molecule has 5 aliphatic rings. The number of benzene rings is 3. The number of carbonyl (C=O) groups excluding carboxylic acids is 2. The highest BCUT2D eigenvalue weighted by molar-refractivity contribution is 5.88. The van der Waals surface area contributed by atoms with Crippen molar-refractivity contribution in [3.63, 3.8) is 0 Å². The van der Waals surface area contributed by atoms with Gasteiger partial charge in [0.25, 0.3) is 0 Å². The predicted molar refractivity (Wildman–Crippen MR) is 170 cm³/mol. The molecule has 1 N–H and O–H groups in total. The molecule has 3 aromatic carbocycles. The van der Waals surface area contributed by atoms with Gasteiger partial charge in [-0.15, -0.1) is 0 Å². The van der Waals surface area contributed by atoms with E-state index in [1.165, 1.54) is 12.2 Å². The summed E-state index contributed by atoms with van der Waals surface area (Å²) in [6, 6.07) is 18.4. The van der Waals surface area contributed by atoms with Gasteiger partial charge < -0.3 is 33.5 Å². The molecule has 8 rings (SSSR count). The van der Waals surface area contributed by atoms with Gasteiger partial charge in [0.15, 0.2) is 11.5 Å². The fourth-order valence-corrected chi connectivity index (χ4v) is 8.73. The quantitative estimate of drug-likeness (QED) is 0.281. The molecule has 10 heteroatoms. The minimum absolute atomic E-state index is 0.0946. The van der Waals surface area contributed by atoms with Crippen LogP contribution in [0.1, 0.15) is 41.0 Å². The topological polar surface area (TPSA) is 113 Å². The van der Waals surface area contributed by atoms with E-state index in [1.54, 1.807) is 26.4 Å². The molecule has 1 saturated carbocycles. The Kier molecular flexibility index (Phi) is 7.03. The minimum Gasteiger partial charge on any atom is -0.497 e. The van der Waals surface area contributed by atoms with Crippen molar-refractivity contribution in [3.05, 3.63) is 95.1 Å². The number of hydrogen-bond acceptors (Lipinski definition) is 10. The molecular weight excluding hydrogens is 602 g/mol. The van der Waals surface area contributed by atoms with E-state index in [9.17, 15) is 14.7 Å². The summed E-state index contributed by atoms with van der Waals surface area (Å²) in [6.07, 6.45) is 6.00. The number of carbonyl (C=O) groups is 2. The van der Waals surface area contributed by atoms with Crippen molar-refractivity contribution in [1.29, 1.82) is 0 Å². The second-order valence-corrected chi connectivity index (χ2v) is 12.7. The number of aliphatic hydroxyl groups is 1. The van der Waals surface area contributed by atoms with Crippen molar-refractivity contribution in [3.8, 4) is 23.0 Å². The largest absolute Gasteiger partial charge is 0.497 e. The maximum Gasteiger partial charge on any atom is 0.331 e. The zero-order chi connectivity index (χ0) is 32.3. The molecule has 3 heterocycles. The Hall–Kier alpha value is -4.80. The third-order valence-electron chi connectivity index (χ3n) is 10.5. The van der Waals surface area contributed by atoms with Crippen LogP contribution in [0.4, 0.5) is 0 Å². The Morgan fingerprint density at radius 2 is 1.43 bits per heavy atom. The molecule has 3 aliphatic heterocycles. The molecule has 2 saturated heterocycles. The summed E-state index contributed by atoms with van der Waals surface area (Å²) in [5.74, 6) is 0.501. The van der Waals surface area contributed by atoms with E-state index in [0.717, 1.165) is 36.1 Å². The molecule has 4 bridgehead atoms. The molecule has 3 fully saturated rings. The summed E-state index contributed by atoms with van der Waals surface area (Å²) in [4.78, 5) is 29.4. The van der Waals surface area contributed by atoms with Crippen LogP contribution in [0.2, 0.25) is 0 Å². The SMILES string of the molecule is COc1ccc(/C=C/C(=O)O[C@@H]2[C@H](OC(=O)/C=C/c3ccc(OC)cc3)C3[C@@]4(O)CN5CCC[C@@]35[C@@H]2c2cc3c(cc24)OCO3)cc1. The first kappa shape index (κ1) is 29.6. The molecule has 0 radical (unpaired) electrons. The Morgan fingerprint density at radius 1 is 0.851 bits per heavy atom. The normalized spacial score (nSPS) is 29.6. The molecule has 0 aromatic heterocycles. The summed E-state index contributed by atoms with van der Waals surface area (Å²) in [5.41, 5.74) is 1.20. The first-order chi connectivity index (χ1) is 22.8. The van der Waals surface area contributed by atoms with Gasteiger partial charge in [0.2, 0.25) is 6.79 Å². The summed E-state index contributed by atoms with van der Waals surface area (Å²) in [7, 11) is 3.19. The van der Waals surface area contributed by atoms with E-state index in [2.05, 4.69) is 4.90 Å². The lowest BCUT2D eigenvalue weighted by atomic mass is 9.63. The zero-order valence-electron chi connectivity index (χ0n) is 26.1. The first-order valence-electron chi connectivity index (χ1n) is 15.8. The first-order valence-corrected chi connectivity index (χ1v) is 15.8. The molecule has 47 heavy (non-hydrogen) atoms. The number of fused-ring (bicyclic) bond motifs is 4. The number of hydrogen-bond donors (Lipinski definition) is 1. The van der Waals surface area contributed by atoms with Crippen molar-refractivity contribution in [2.45, 2.75) is 42.1 Å². The van der Waals surface area contributed by atoms with Crippen LogP contribution in [-0.2, 0) is 24.7 Å². The number of esters is 2. The molecule has 1 spiro atoms. The molecule has 2 aliphatic carbocycles. The standard InChI is InChI=1S/C37H35NO9/c1-42-24-10-4-22(5-11-24)8-14-30(39)46-33-32-26-18-28-29(45-21-44-28)19-27(26)37(41)20-38-17-3-16-36(32,38)35(37)34(33)47-31(40)15-9-23-6-12-25(43-2)13-7-23/h4-15,18-19,32-35,41H,3,16-17,20-21H2,1-2H3/b14-8+,15-9+/t32-,33+,34+,35?,36-,37-/m1/s1. The van der Waals surface area contributed by atoms with Gasteiger partial charge in [0.1, 0.15) is 29.3 Å². The minimum atomic E-state index is -1.36. The monoisotopic (exact) mass is 637 g/mol. The number of β-amino-alcohol motifs (C(OH)–C–C–N with tert-alkyl or cyclic N) is 1. The molecule has 0 amide bonds. The molecular formula is C37H35NO9. The van der Waals surface area contributed by atoms with Gasteiger partial charge >= 0.3 is 11.9 Å². The second kappa shape index (κ2) is 11.2. The van der Waals surface area contributed by atoms with Crippen LogP contribution in [-0.4, -0.2) is 73.8 Å². The van der Waals surface area contributed by atoms with Crippen LogP contribution in [0.25, 0.3) is 12.2 Å². The fraction of sp³-hybridized carbons (Fsp3) is 0.351. The molecule has 6 atom stereocenters. The smallest absolute Gasteiger partial charge is 0.331 e. The number of methoxy groups -OCH3 is 2. The molecule has 242 valence electrons. The summed E-state index contributed by atoms with van der Waals surface area (Å²) >= 11 is 0. The van der Waals surface area contributed by atoms with E-state index < -0.39 is 41.2 Å². The van der Waals surface area contributed by atoms with Gasteiger partial charge in [-0.05, 0) is 90.2 Å². The Balaban J connectivity index is 1.16. The van der Waals surface area contributed by atoms with Crippen molar-refractivity contribution in [1.82, 2.24) is 4.90 Å². The molecule has 1 unspecified atom stereocenters. The summed E-state index contributed by atoms with van der Waals surface area (Å²) < 4.78 is 34.5. The van der Waals surface area contributed by atoms with Crippen LogP contribution in [0.15, 0.2) is 72.8 Å². The van der Waals surface area contributed by atoms with Gasteiger partial charge in [-0.25, -0.2) is 9.59 Å². The van der Waals surface area contributed by atoms with E-state index in [1.807, 2.05) is 60.7 Å². The van der Waals surface area contributed by atoms with E-state index in [0.29, 0.717) is 35.1 Å². The van der Waals surface area contributed by atoms with Crippen molar-refractivity contribution >= 4 is 24.1 Å². The molecule has 3 aromatic rings. The van der Waals surface area contributed by atoms with Gasteiger partial charge in [-0.1, -0.05) is 24.3 Å². The van der Waals surface area contributed by atoms with Gasteiger partial charge in [-0.2, -0.15) is 0 Å². The third kappa shape index (κ3) is 4.61. The highest BCUT2D eigenvalue weighted by Crippen LogP contribution is 2.70. The van der Waals surface area contributed by atoms with Crippen LogP contribution < -0.4 is 18.9 Å². The van der Waals surface area contributed by atoms with Gasteiger partial charge in [0.05, 0.1) is 20.1 Å². The van der Waals surface area contributed by atoms with E-state index in [4.69, 9.17) is 28.4 Å². The predicted octanol–water partition coefficient (Wildman–Crippen LogP) is 4.45. The average Bonchev–Trinajstić information content (AvgIpc) is 3.80. The average molecular weight is 638 g/mol. The lowest BCUT2D eigenvalue weighted by Gasteiger charge is -2.44. The van der Waals surface area contributed by atoms with E-state index >= 15 is 0 Å². The Bertz CT molecular complexity index is 1780. The number of rotatable bonds is 8. The number of nitrogens with zero attached hydrogens (tertiary/aromatic N) is 1. The van der Waals surface area contributed by atoms with Crippen LogP contribution in [0, 0.1) is 5.92 Å². The maximum atomic E-state index is 13.5. The second-order valence-electron chi connectivity index (χ2n) is 12.7. The molecule has 10 nitrogen and oxygen atoms in total. The van der Waals surface area contributed by atoms with Crippen LogP contribution in [0.5, 0.6) is 23.0 Å². The highest BCUT2D eigenvalue weighted by Gasteiger charge is 2.79. The van der Waals surface area contributed by atoms with Crippen molar-refractivity contribution in [2.75, 3.05) is 34.1 Å². The van der Waals surface area contributed by atoms with Gasteiger partial charge in [-0.3, -0.25) is 4.90 Å². The lowest BCUT2D eigenvalue weighted by molar-refractivity contribution is -0.167. The highest BCUT2D eigenvalue weighted by atomic mass is 16.7. The number of ether oxygens (including phenoxy) is 6. The summed E-state index contributed by atoms with van der Waals surface area (Å²) in [5, 5.41) is 12.7. The Morgan fingerprint density at radius 3 is 2.02 bits per heavy atom. The van der Waals surface area contributed by atoms with Crippen molar-refractivity contribution < 1.29 is 43.1 Å².